The second-order valence-corrected chi connectivity index (χ2v) is 8.75. The molecule has 1 aromatic carbocycles. The van der Waals surface area contributed by atoms with Crippen LogP contribution >= 0.6 is 0 Å². The van der Waals surface area contributed by atoms with Gasteiger partial charge in [0.15, 0.2) is 0 Å². The Kier molecular flexibility index (Phi) is 6.91. The molecule has 1 aromatic rings. The molecule has 0 saturated carbocycles. The fourth-order valence-corrected chi connectivity index (χ4v) is 3.18. The summed E-state index contributed by atoms with van der Waals surface area (Å²) in [6.07, 6.45) is 2.93. The minimum atomic E-state index is -1.93. The van der Waals surface area contributed by atoms with E-state index in [1.165, 1.54) is 5.69 Å². The molecule has 0 N–H and O–H groups in total. The van der Waals surface area contributed by atoms with E-state index >= 15 is 0 Å². The molecule has 0 aliphatic carbocycles. The van der Waals surface area contributed by atoms with Gasteiger partial charge >= 0.3 is 8.56 Å². The van der Waals surface area contributed by atoms with Crippen LogP contribution in [0, 0.1) is 0 Å². The first-order valence-corrected chi connectivity index (χ1v) is 9.40. The molecule has 0 spiro atoms. The minimum absolute atomic E-state index is 0.810. The second-order valence-electron chi connectivity index (χ2n) is 5.17. The number of nitrogens with zero attached hydrogens (tertiary/aromatic N) is 2. The molecule has 0 unspecified atom stereocenters. The lowest BCUT2D eigenvalue weighted by Crippen LogP contribution is -2.35. The zero-order valence-electron chi connectivity index (χ0n) is 13.2. The van der Waals surface area contributed by atoms with Gasteiger partial charge in [-0.25, -0.2) is 0 Å². The van der Waals surface area contributed by atoms with Crippen LogP contribution in [0.25, 0.3) is 0 Å². The van der Waals surface area contributed by atoms with Crippen LogP contribution < -0.4 is 4.90 Å². The molecule has 0 amide bonds. The summed E-state index contributed by atoms with van der Waals surface area (Å²) < 4.78 is 10.9. The average molecular weight is 294 g/mol. The van der Waals surface area contributed by atoms with Crippen LogP contribution in [-0.4, -0.2) is 49.6 Å². The normalized spacial score (nSPS) is 12.1. The molecule has 4 nitrogen and oxygen atoms in total. The summed E-state index contributed by atoms with van der Waals surface area (Å²) in [6, 6.07) is 9.34. The minimum Gasteiger partial charge on any atom is -0.398 e. The molecule has 20 heavy (non-hydrogen) atoms. The molecular weight excluding hydrogens is 268 g/mol. The summed E-state index contributed by atoms with van der Waals surface area (Å²) in [4.78, 5) is 6.55. The maximum Gasteiger partial charge on any atom is 0.334 e. The van der Waals surface area contributed by atoms with Gasteiger partial charge in [-0.15, -0.1) is 0 Å². The highest BCUT2D eigenvalue weighted by Crippen LogP contribution is 2.14. The zero-order valence-corrected chi connectivity index (χ0v) is 14.2. The largest absolute Gasteiger partial charge is 0.398 e. The Balaban J connectivity index is 2.38. The molecular formula is C15H26N2O2Si. The van der Waals surface area contributed by atoms with Gasteiger partial charge in [0.05, 0.1) is 0 Å². The van der Waals surface area contributed by atoms with Crippen LogP contribution in [0.2, 0.25) is 12.6 Å². The molecule has 0 saturated heterocycles. The van der Waals surface area contributed by atoms with Gasteiger partial charge in [-0.05, 0) is 36.7 Å². The lowest BCUT2D eigenvalue weighted by molar-refractivity contribution is 0.249. The molecule has 0 atom stereocenters. The van der Waals surface area contributed by atoms with E-state index in [1.54, 1.807) is 14.2 Å². The van der Waals surface area contributed by atoms with Gasteiger partial charge in [-0.1, -0.05) is 12.1 Å². The van der Waals surface area contributed by atoms with Gasteiger partial charge in [0.2, 0.25) is 0 Å². The highest BCUT2D eigenvalue weighted by atomic mass is 28.4. The van der Waals surface area contributed by atoms with Gasteiger partial charge < -0.3 is 13.8 Å². The maximum atomic E-state index is 5.45. The summed E-state index contributed by atoms with van der Waals surface area (Å²) >= 11 is 0. The molecule has 1 rings (SSSR count). The van der Waals surface area contributed by atoms with Crippen LogP contribution in [-0.2, 0) is 8.85 Å². The molecule has 0 radical (unpaired) electrons. The Morgan fingerprint density at radius 1 is 1.15 bits per heavy atom. The number of rotatable bonds is 8. The molecule has 0 aliphatic rings. The van der Waals surface area contributed by atoms with E-state index in [1.807, 2.05) is 20.3 Å². The zero-order chi connectivity index (χ0) is 15.0. The average Bonchev–Trinajstić information content (AvgIpc) is 2.47. The van der Waals surface area contributed by atoms with Crippen molar-refractivity contribution in [1.29, 1.82) is 0 Å². The monoisotopic (exact) mass is 294 g/mol. The predicted octanol–water partition coefficient (Wildman–Crippen LogP) is 2.93. The van der Waals surface area contributed by atoms with Gasteiger partial charge in [0, 0.05) is 46.8 Å². The topological polar surface area (TPSA) is 34.1 Å². The fourth-order valence-electron chi connectivity index (χ4n) is 1.81. The number of hydrogen-bond donors (Lipinski definition) is 0. The van der Waals surface area contributed by atoms with Crippen molar-refractivity contribution in [3.8, 4) is 0 Å². The molecule has 0 bridgehead atoms. The molecule has 0 aromatic heterocycles. The van der Waals surface area contributed by atoms with Crippen molar-refractivity contribution >= 4 is 20.5 Å². The van der Waals surface area contributed by atoms with Crippen LogP contribution in [0.3, 0.4) is 0 Å². The van der Waals surface area contributed by atoms with Gasteiger partial charge in [-0.3, -0.25) is 4.99 Å². The fraction of sp³-hybridized carbons (Fsp3) is 0.533. The quantitative estimate of drug-likeness (QED) is 0.420. The van der Waals surface area contributed by atoms with Crippen molar-refractivity contribution in [3.63, 3.8) is 0 Å². The highest BCUT2D eigenvalue weighted by molar-refractivity contribution is 6.65. The van der Waals surface area contributed by atoms with Crippen molar-refractivity contribution < 1.29 is 8.85 Å². The molecule has 0 aliphatic heterocycles. The summed E-state index contributed by atoms with van der Waals surface area (Å²) in [5.74, 6) is 0. The summed E-state index contributed by atoms with van der Waals surface area (Å²) in [5, 5.41) is 0. The standard InChI is InChI=1S/C15H26N2O2Si/c1-17(2)15-9-7-14(8-10-15)13-16-11-6-12-20(5,18-3)19-4/h7-10,13H,6,11-12H2,1-5H3. The Labute approximate surface area is 123 Å². The van der Waals surface area contributed by atoms with Crippen molar-refractivity contribution in [2.24, 2.45) is 4.99 Å². The van der Waals surface area contributed by atoms with E-state index in [2.05, 4.69) is 40.7 Å². The second kappa shape index (κ2) is 8.19. The highest BCUT2D eigenvalue weighted by Gasteiger charge is 2.27. The van der Waals surface area contributed by atoms with E-state index in [9.17, 15) is 0 Å². The number of anilines is 1. The van der Waals surface area contributed by atoms with Gasteiger partial charge in [-0.2, -0.15) is 0 Å². The smallest absolute Gasteiger partial charge is 0.334 e. The van der Waals surface area contributed by atoms with Crippen LogP contribution in [0.1, 0.15) is 12.0 Å². The van der Waals surface area contributed by atoms with E-state index < -0.39 is 8.56 Å². The van der Waals surface area contributed by atoms with E-state index in [-0.39, 0.29) is 0 Å². The summed E-state index contributed by atoms with van der Waals surface area (Å²) in [7, 11) is 5.60. The van der Waals surface area contributed by atoms with E-state index in [0.717, 1.165) is 24.6 Å². The van der Waals surface area contributed by atoms with E-state index in [4.69, 9.17) is 8.85 Å². The van der Waals surface area contributed by atoms with E-state index in [0.29, 0.717) is 0 Å². The van der Waals surface area contributed by atoms with Crippen molar-refractivity contribution in [2.45, 2.75) is 19.0 Å². The summed E-state index contributed by atoms with van der Waals surface area (Å²) in [5.41, 5.74) is 2.33. The first-order chi connectivity index (χ1) is 9.50. The third-order valence-corrected chi connectivity index (χ3v) is 6.42. The Bertz CT molecular complexity index is 414. The van der Waals surface area contributed by atoms with Crippen LogP contribution in [0.4, 0.5) is 5.69 Å². The number of hydrogen-bond acceptors (Lipinski definition) is 4. The third-order valence-electron chi connectivity index (χ3n) is 3.43. The summed E-state index contributed by atoms with van der Waals surface area (Å²) in [6.45, 7) is 2.89. The molecule has 0 heterocycles. The number of aliphatic imine (C=N–C) groups is 1. The van der Waals surface area contributed by atoms with Crippen molar-refractivity contribution in [1.82, 2.24) is 0 Å². The third kappa shape index (κ3) is 5.44. The lowest BCUT2D eigenvalue weighted by atomic mass is 10.2. The van der Waals surface area contributed by atoms with Crippen LogP contribution in [0.15, 0.2) is 29.3 Å². The van der Waals surface area contributed by atoms with Crippen LogP contribution in [0.5, 0.6) is 0 Å². The lowest BCUT2D eigenvalue weighted by Gasteiger charge is -2.21. The van der Waals surface area contributed by atoms with Gasteiger partial charge in [0.25, 0.3) is 0 Å². The number of benzene rings is 1. The first-order valence-electron chi connectivity index (χ1n) is 6.88. The first kappa shape index (κ1) is 16.9. The molecule has 5 heteroatoms. The van der Waals surface area contributed by atoms with Crippen molar-refractivity contribution in [2.75, 3.05) is 39.8 Å². The predicted molar refractivity (Wildman–Crippen MR) is 88.3 cm³/mol. The Morgan fingerprint density at radius 3 is 2.25 bits per heavy atom. The van der Waals surface area contributed by atoms with Crippen molar-refractivity contribution in [3.05, 3.63) is 29.8 Å². The molecule has 0 fully saturated rings. The Hall–Kier alpha value is -1.17. The maximum absolute atomic E-state index is 5.45. The Morgan fingerprint density at radius 2 is 1.75 bits per heavy atom. The molecule has 112 valence electrons. The SMILES string of the molecule is CO[Si](C)(CCCN=Cc1ccc(N(C)C)cc1)OC. The van der Waals surface area contributed by atoms with Gasteiger partial charge in [0.1, 0.15) is 0 Å².